The molecule has 3 aliphatic carbocycles. The summed E-state index contributed by atoms with van der Waals surface area (Å²) in [6.07, 6.45) is -12.9. The van der Waals surface area contributed by atoms with Crippen LogP contribution in [0.4, 0.5) is 0 Å². The summed E-state index contributed by atoms with van der Waals surface area (Å²) < 4.78 is 76.2. The van der Waals surface area contributed by atoms with Gasteiger partial charge >= 0.3 is 53.7 Å². The highest BCUT2D eigenvalue weighted by atomic mass is 16.7. The summed E-state index contributed by atoms with van der Waals surface area (Å²) in [6, 6.07) is 21.6. The van der Waals surface area contributed by atoms with Gasteiger partial charge in [0, 0.05) is 76.7 Å². The molecule has 3 saturated carbocycles. The van der Waals surface area contributed by atoms with E-state index in [1.807, 2.05) is 0 Å². The number of carbonyl (C=O) groups excluding carboxylic acids is 11. The molecule has 18 atom stereocenters. The van der Waals surface area contributed by atoms with Crippen LogP contribution in [0.3, 0.4) is 0 Å². The van der Waals surface area contributed by atoms with Crippen molar-refractivity contribution in [2.24, 2.45) is 28.6 Å². The number of hydrogen-bond donors (Lipinski definition) is 3. The van der Waals surface area contributed by atoms with Crippen LogP contribution in [-0.2, 0) is 105 Å². The number of amides is 1. The summed E-state index contributed by atoms with van der Waals surface area (Å²) in [5, 5.41) is 29.3. The minimum atomic E-state index is -2.54. The Bertz CT molecular complexity index is 3370. The van der Waals surface area contributed by atoms with Gasteiger partial charge in [-0.3, -0.25) is 33.6 Å². The largest absolute Gasteiger partial charge is 0.461 e. The fraction of sp³-hybridized carbons (Fsp3) is 0.544. The minimum absolute atomic E-state index is 0.0109. The second-order valence-corrected chi connectivity index (χ2v) is 24.9. The first kappa shape index (κ1) is 72.2. The summed E-state index contributed by atoms with van der Waals surface area (Å²) in [5.74, 6) is -12.7. The van der Waals surface area contributed by atoms with Crippen molar-refractivity contribution in [3.63, 3.8) is 0 Å². The van der Waals surface area contributed by atoms with E-state index in [9.17, 15) is 53.4 Å². The second kappa shape index (κ2) is 30.4. The zero-order valence-corrected chi connectivity index (χ0v) is 54.0. The number of ketones is 1. The van der Waals surface area contributed by atoms with Crippen molar-refractivity contribution in [3.8, 4) is 12.3 Å². The molecule has 2 heterocycles. The molecule has 5 aliphatic rings. The first-order chi connectivity index (χ1) is 45.0. The lowest BCUT2D eigenvalue weighted by Crippen LogP contribution is -2.83. The molecule has 0 spiro atoms. The van der Waals surface area contributed by atoms with Crippen LogP contribution in [0.5, 0.6) is 0 Å². The first-order valence-corrected chi connectivity index (χ1v) is 30.9. The second-order valence-electron chi connectivity index (χ2n) is 24.9. The van der Waals surface area contributed by atoms with Gasteiger partial charge in [0.15, 0.2) is 42.1 Å². The van der Waals surface area contributed by atoms with Crippen molar-refractivity contribution in [1.82, 2.24) is 5.32 Å². The van der Waals surface area contributed by atoms with Crippen molar-refractivity contribution >= 4 is 65.4 Å². The van der Waals surface area contributed by atoms with Crippen LogP contribution in [-0.4, -0.2) is 187 Å². The maximum absolute atomic E-state index is 16.0. The van der Waals surface area contributed by atoms with E-state index in [0.717, 1.165) is 34.6 Å². The number of esters is 9. The highest BCUT2D eigenvalue weighted by Gasteiger charge is 2.79. The number of fused-ring (bicyclic) bond motifs is 5. The SMILES string of the molecule is C#CCCCO[C@@H]1OC(COC(=O)COCC(=O)O[C@@H](C(=O)O[C@H]2C[C@@]3(O)[C@@H](OC(=O)c4ccccc4)[C@@H]4[C@]5(OC(C)=O)CO[C@@H]5C[C@H](O)[C@@]4(C)C(=O)[C@H](OC(C)=O)C(C2C)C3(C)C)C(NC(=O)c2ccccc2)c2ccccc2)[C@@H](OC(C)=O)C(OC(C)=O)C1OC(C)=O. The fourth-order valence-electron chi connectivity index (χ4n) is 14.0. The van der Waals surface area contributed by atoms with E-state index in [1.54, 1.807) is 75.4 Å². The Kier molecular flexibility index (Phi) is 23.1. The van der Waals surface area contributed by atoms with Gasteiger partial charge in [-0.1, -0.05) is 87.5 Å². The Labute approximate surface area is 547 Å². The topological polar surface area (TPSA) is 360 Å². The summed E-state index contributed by atoms with van der Waals surface area (Å²) in [5.41, 5.74) is -8.05. The third-order valence-corrected chi connectivity index (χ3v) is 18.4. The highest BCUT2D eigenvalue weighted by Crippen LogP contribution is 2.65. The van der Waals surface area contributed by atoms with Gasteiger partial charge in [0.25, 0.3) is 5.91 Å². The molecular weight excluding hydrogens is 1250 g/mol. The van der Waals surface area contributed by atoms with Gasteiger partial charge in [-0.15, -0.1) is 12.3 Å². The first-order valence-electron chi connectivity index (χ1n) is 30.9. The monoisotopic (exact) mass is 1330 g/mol. The molecule has 3 aromatic rings. The van der Waals surface area contributed by atoms with Gasteiger partial charge in [0.1, 0.15) is 55.9 Å². The lowest BCUT2D eigenvalue weighted by molar-refractivity contribution is -0.355. The summed E-state index contributed by atoms with van der Waals surface area (Å²) in [6.45, 7) is 8.04. The van der Waals surface area contributed by atoms with Gasteiger partial charge in [-0.2, -0.15) is 0 Å². The Morgan fingerprint density at radius 3 is 1.88 bits per heavy atom. The van der Waals surface area contributed by atoms with E-state index in [0.29, 0.717) is 6.42 Å². The summed E-state index contributed by atoms with van der Waals surface area (Å²) in [7, 11) is 0. The molecule has 6 unspecified atom stereocenters. The molecule has 0 aromatic heterocycles. The maximum atomic E-state index is 16.0. The number of terminal acetylenes is 1. The Balaban J connectivity index is 1.13. The number of aliphatic hydroxyl groups excluding tert-OH is 1. The van der Waals surface area contributed by atoms with Crippen molar-refractivity contribution in [2.75, 3.05) is 33.0 Å². The molecule has 27 nitrogen and oxygen atoms in total. The highest BCUT2D eigenvalue weighted by molar-refractivity contribution is 5.95. The molecule has 0 radical (unpaired) electrons. The van der Waals surface area contributed by atoms with Crippen LogP contribution in [0.1, 0.15) is 120 Å². The molecule has 3 N–H and O–H groups in total. The smallest absolute Gasteiger partial charge is 0.350 e. The maximum Gasteiger partial charge on any atom is 0.350 e. The predicted molar refractivity (Wildman–Crippen MR) is 323 cm³/mol. The van der Waals surface area contributed by atoms with E-state index >= 15 is 9.59 Å². The van der Waals surface area contributed by atoms with Crippen LogP contribution in [0.15, 0.2) is 91.0 Å². The van der Waals surface area contributed by atoms with Crippen molar-refractivity contribution in [2.45, 2.75) is 173 Å². The molecule has 8 rings (SSSR count). The average molecular weight is 1330 g/mol. The van der Waals surface area contributed by atoms with Gasteiger partial charge in [-0.25, -0.2) is 19.2 Å². The number of carbonyl (C=O) groups is 11. The third kappa shape index (κ3) is 15.5. The molecule has 2 saturated heterocycles. The zero-order valence-electron chi connectivity index (χ0n) is 54.0. The number of rotatable bonds is 24. The normalized spacial score (nSPS) is 30.8. The molecule has 1 amide bonds. The van der Waals surface area contributed by atoms with Gasteiger partial charge in [0.05, 0.1) is 36.2 Å². The molecule has 2 aliphatic heterocycles. The van der Waals surface area contributed by atoms with Crippen LogP contribution in [0, 0.1) is 40.9 Å². The number of nitrogens with one attached hydrogen (secondary N) is 1. The molecular formula is C68H79NO26. The van der Waals surface area contributed by atoms with Gasteiger partial charge < -0.3 is 77.1 Å². The quantitative estimate of drug-likeness (QED) is 0.0498. The Hall–Kier alpha value is -8.65. The zero-order chi connectivity index (χ0) is 69.3. The van der Waals surface area contributed by atoms with E-state index in [2.05, 4.69) is 11.2 Å². The molecule has 3 aromatic carbocycles. The predicted octanol–water partition coefficient (Wildman–Crippen LogP) is 3.73. The fourth-order valence-corrected chi connectivity index (χ4v) is 14.0. The molecule has 5 fully saturated rings. The lowest BCUT2D eigenvalue weighted by Gasteiger charge is -2.69. The van der Waals surface area contributed by atoms with E-state index in [1.165, 1.54) is 43.3 Å². The van der Waals surface area contributed by atoms with Gasteiger partial charge in [0.2, 0.25) is 6.10 Å². The number of ether oxygens (including phenoxy) is 13. The van der Waals surface area contributed by atoms with Crippen LogP contribution in [0.2, 0.25) is 0 Å². The van der Waals surface area contributed by atoms with Crippen molar-refractivity contribution in [1.29, 1.82) is 0 Å². The number of hydrogen-bond acceptors (Lipinski definition) is 26. The average Bonchev–Trinajstić information content (AvgIpc) is 0.670. The molecule has 512 valence electrons. The third-order valence-electron chi connectivity index (χ3n) is 18.4. The van der Waals surface area contributed by atoms with E-state index < -0.39 is 211 Å². The number of benzene rings is 3. The van der Waals surface area contributed by atoms with E-state index in [-0.39, 0.29) is 36.1 Å². The standard InChI is InChI=1S/C68H79NO26/c1-11-12-22-29-84-64-57(90-40(6)73)56(89-39(5)72)53(87-37(3)70)46(92-64)32-85-49(76)33-83-34-50(77)93-55(52(42-23-16-13-17-24-42)69-61(79)43-25-18-14-19-26-43)63(81)91-45-31-68(82)60(94-62(80)44-27-20-15-21-28-44)58-66(10,47(75)30-48-67(58,35-86-48)95-41(7)74)59(78)54(88-38(4)71)51(36(45)2)65(68,8)9/h1,13-21,23-28,36,45-48,51-58,60,64,75,82H,12,22,29-35H2,2-10H3,(H,69,79)/t36?,45-,46?,47-,48+,51?,52?,53+,54+,55+,56?,57?,58-,60-,64+,66+,67-,68+/m0/s1. The number of unbranched alkanes of at least 4 members (excludes halogenated alkanes) is 1. The van der Waals surface area contributed by atoms with Crippen molar-refractivity contribution in [3.05, 3.63) is 108 Å². The van der Waals surface area contributed by atoms with Gasteiger partial charge in [-0.05, 0) is 43.2 Å². The lowest BCUT2D eigenvalue weighted by atomic mass is 9.42. The van der Waals surface area contributed by atoms with Crippen LogP contribution < -0.4 is 5.32 Å². The summed E-state index contributed by atoms with van der Waals surface area (Å²) in [4.78, 5) is 152. The molecule has 95 heavy (non-hydrogen) atoms. The Morgan fingerprint density at radius 1 is 0.726 bits per heavy atom. The van der Waals surface area contributed by atoms with Crippen LogP contribution in [0.25, 0.3) is 0 Å². The Morgan fingerprint density at radius 2 is 1.31 bits per heavy atom. The summed E-state index contributed by atoms with van der Waals surface area (Å²) >= 11 is 0. The van der Waals surface area contributed by atoms with E-state index in [4.69, 9.17) is 68.0 Å². The minimum Gasteiger partial charge on any atom is -0.461 e. The van der Waals surface area contributed by atoms with Crippen LogP contribution >= 0.6 is 0 Å². The molecule has 27 heteroatoms. The molecule has 2 bridgehead atoms. The van der Waals surface area contributed by atoms with Crippen molar-refractivity contribution < 1.29 is 125 Å². The number of Topliss-reactive ketones (excluding diaryl/α,β-unsaturated/α-hetero) is 1. The number of aliphatic hydroxyl groups is 2.